The van der Waals surface area contributed by atoms with E-state index in [4.69, 9.17) is 9.47 Å². The largest absolute Gasteiger partial charge is 0.490 e. The fourth-order valence-electron chi connectivity index (χ4n) is 3.96. The highest BCUT2D eigenvalue weighted by Gasteiger charge is 2.18. The number of hydrogen-bond donors (Lipinski definition) is 0. The molecule has 10 heteroatoms. The third-order valence-corrected chi connectivity index (χ3v) is 5.73. The average molecular weight is 477 g/mol. The molecule has 8 nitrogen and oxygen atoms in total. The molecule has 0 bridgehead atoms. The molecule has 3 heterocycles. The molecule has 5 aromatic rings. The number of rotatable bonds is 7. The van der Waals surface area contributed by atoms with Crippen molar-refractivity contribution in [3.05, 3.63) is 88.5 Å². The number of pyridine rings is 2. The molecule has 178 valence electrons. The van der Waals surface area contributed by atoms with Gasteiger partial charge in [0, 0.05) is 24.8 Å². The van der Waals surface area contributed by atoms with Gasteiger partial charge in [0.1, 0.15) is 29.5 Å². The van der Waals surface area contributed by atoms with Crippen LogP contribution in [-0.2, 0) is 4.74 Å². The van der Waals surface area contributed by atoms with Gasteiger partial charge in [-0.05, 0) is 48.9 Å². The minimum absolute atomic E-state index is 0.0765. The summed E-state index contributed by atoms with van der Waals surface area (Å²) in [6, 6.07) is 11.8. The predicted molar refractivity (Wildman–Crippen MR) is 126 cm³/mol. The Hall–Kier alpha value is -4.18. The second kappa shape index (κ2) is 9.22. The van der Waals surface area contributed by atoms with Gasteiger partial charge in [-0.1, -0.05) is 11.3 Å². The Kier molecular flexibility index (Phi) is 5.96. The van der Waals surface area contributed by atoms with Crippen LogP contribution in [0.1, 0.15) is 18.5 Å². The minimum Gasteiger partial charge on any atom is -0.490 e. The molecule has 0 N–H and O–H groups in total. The van der Waals surface area contributed by atoms with Crippen LogP contribution in [0.15, 0.2) is 65.7 Å². The number of hydrogen-bond acceptors (Lipinski definition) is 6. The SMILES string of the molecule is COCCOc1cnc2ccc([C@@H](C)n3nnc4ccn(-c5cc(F)cc(F)c5)c(=O)c43)cc2c1. The number of nitrogens with zero attached hydrogens (tertiary/aromatic N) is 5. The van der Waals surface area contributed by atoms with Crippen LogP contribution >= 0.6 is 0 Å². The van der Waals surface area contributed by atoms with Crippen molar-refractivity contribution in [2.45, 2.75) is 13.0 Å². The lowest BCUT2D eigenvalue weighted by atomic mass is 10.1. The van der Waals surface area contributed by atoms with E-state index in [1.807, 2.05) is 31.2 Å². The standard InChI is InChI=1S/C25H21F2N5O3/c1-15(16-3-4-22-17(9-16)10-21(14-28-22)35-8-7-34-2)32-24-23(29-30-32)5-6-31(25(24)33)20-12-18(26)11-19(27)13-20/h3-6,9-15H,7-8H2,1-2H3/t15-/m1/s1. The zero-order chi connectivity index (χ0) is 24.5. The number of ether oxygens (including phenoxy) is 2. The molecule has 3 aromatic heterocycles. The van der Waals surface area contributed by atoms with Gasteiger partial charge in [0.25, 0.3) is 5.56 Å². The smallest absolute Gasteiger partial charge is 0.282 e. The fourth-order valence-corrected chi connectivity index (χ4v) is 3.96. The second-order valence-corrected chi connectivity index (χ2v) is 8.03. The molecule has 0 aliphatic carbocycles. The first-order valence-corrected chi connectivity index (χ1v) is 10.9. The third kappa shape index (κ3) is 4.35. The Balaban J connectivity index is 1.55. The maximum Gasteiger partial charge on any atom is 0.282 e. The molecular weight excluding hydrogens is 456 g/mol. The first-order valence-electron chi connectivity index (χ1n) is 10.9. The van der Waals surface area contributed by atoms with Gasteiger partial charge in [-0.2, -0.15) is 0 Å². The quantitative estimate of drug-likeness (QED) is 0.329. The van der Waals surface area contributed by atoms with Crippen LogP contribution in [0.3, 0.4) is 0 Å². The van der Waals surface area contributed by atoms with Gasteiger partial charge < -0.3 is 9.47 Å². The highest BCUT2D eigenvalue weighted by molar-refractivity contribution is 5.81. The molecule has 0 radical (unpaired) electrons. The van der Waals surface area contributed by atoms with E-state index in [1.165, 1.54) is 15.4 Å². The van der Waals surface area contributed by atoms with Gasteiger partial charge >= 0.3 is 0 Å². The van der Waals surface area contributed by atoms with E-state index in [9.17, 15) is 13.6 Å². The predicted octanol–water partition coefficient (Wildman–Crippen LogP) is 4.04. The van der Waals surface area contributed by atoms with Gasteiger partial charge in [-0.3, -0.25) is 14.3 Å². The summed E-state index contributed by atoms with van der Waals surface area (Å²) < 4.78 is 40.9. The van der Waals surface area contributed by atoms with Crippen molar-refractivity contribution >= 4 is 21.9 Å². The Morgan fingerprint density at radius 2 is 1.80 bits per heavy atom. The summed E-state index contributed by atoms with van der Waals surface area (Å²) in [7, 11) is 1.61. The van der Waals surface area contributed by atoms with Crippen molar-refractivity contribution in [1.82, 2.24) is 24.5 Å². The Morgan fingerprint density at radius 3 is 2.57 bits per heavy atom. The van der Waals surface area contributed by atoms with E-state index < -0.39 is 17.2 Å². The summed E-state index contributed by atoms with van der Waals surface area (Å²) in [5.41, 5.74) is 1.85. The fraction of sp³-hybridized carbons (Fsp3) is 0.200. The summed E-state index contributed by atoms with van der Waals surface area (Å²) >= 11 is 0. The number of halogens is 2. The molecule has 0 aliphatic heterocycles. The summed E-state index contributed by atoms with van der Waals surface area (Å²) in [6.07, 6.45) is 3.08. The average Bonchev–Trinajstić information content (AvgIpc) is 3.28. The van der Waals surface area contributed by atoms with Gasteiger partial charge in [0.2, 0.25) is 0 Å². The van der Waals surface area contributed by atoms with Gasteiger partial charge in [0.15, 0.2) is 5.52 Å². The van der Waals surface area contributed by atoms with Crippen molar-refractivity contribution in [2.75, 3.05) is 20.3 Å². The summed E-state index contributed by atoms with van der Waals surface area (Å²) in [5.74, 6) is -0.930. The number of aromatic nitrogens is 5. The van der Waals surface area contributed by atoms with E-state index in [1.54, 1.807) is 19.4 Å². The van der Waals surface area contributed by atoms with Gasteiger partial charge in [0.05, 0.1) is 30.0 Å². The summed E-state index contributed by atoms with van der Waals surface area (Å²) in [4.78, 5) is 17.8. The Labute approximate surface area is 198 Å². The van der Waals surface area contributed by atoms with E-state index in [0.717, 1.165) is 34.7 Å². The lowest BCUT2D eigenvalue weighted by molar-refractivity contribution is 0.146. The molecule has 0 unspecified atom stereocenters. The molecule has 35 heavy (non-hydrogen) atoms. The van der Waals surface area contributed by atoms with E-state index >= 15 is 0 Å². The molecule has 0 spiro atoms. The molecule has 0 aliphatic rings. The molecular formula is C25H21F2N5O3. The van der Waals surface area contributed by atoms with Crippen LogP contribution in [0.2, 0.25) is 0 Å². The summed E-state index contributed by atoms with van der Waals surface area (Å²) in [5, 5.41) is 9.18. The van der Waals surface area contributed by atoms with E-state index in [-0.39, 0.29) is 17.2 Å². The maximum atomic E-state index is 13.8. The zero-order valence-corrected chi connectivity index (χ0v) is 19.0. The normalized spacial score (nSPS) is 12.3. The lowest BCUT2D eigenvalue weighted by Crippen LogP contribution is -2.22. The Morgan fingerprint density at radius 1 is 1.00 bits per heavy atom. The van der Waals surface area contributed by atoms with Crippen molar-refractivity contribution in [2.24, 2.45) is 0 Å². The van der Waals surface area contributed by atoms with Crippen LogP contribution in [0.25, 0.3) is 27.6 Å². The zero-order valence-electron chi connectivity index (χ0n) is 19.0. The van der Waals surface area contributed by atoms with Crippen LogP contribution < -0.4 is 10.3 Å². The summed E-state index contributed by atoms with van der Waals surface area (Å²) in [6.45, 7) is 2.76. The molecule has 0 amide bonds. The first-order chi connectivity index (χ1) is 16.9. The van der Waals surface area contributed by atoms with E-state index in [2.05, 4.69) is 15.3 Å². The third-order valence-electron chi connectivity index (χ3n) is 5.73. The van der Waals surface area contributed by atoms with Crippen LogP contribution in [0.5, 0.6) is 5.75 Å². The molecule has 0 saturated heterocycles. The van der Waals surface area contributed by atoms with Crippen LogP contribution in [-0.4, -0.2) is 44.9 Å². The topological polar surface area (TPSA) is 84.1 Å². The number of methoxy groups -OCH3 is 1. The highest BCUT2D eigenvalue weighted by atomic mass is 19.1. The first kappa shape index (κ1) is 22.6. The minimum atomic E-state index is -0.776. The monoisotopic (exact) mass is 477 g/mol. The van der Waals surface area contributed by atoms with Crippen molar-refractivity contribution in [1.29, 1.82) is 0 Å². The number of fused-ring (bicyclic) bond motifs is 2. The van der Waals surface area contributed by atoms with Gasteiger partial charge in [-0.15, -0.1) is 5.10 Å². The lowest BCUT2D eigenvalue weighted by Gasteiger charge is -2.14. The van der Waals surface area contributed by atoms with E-state index in [0.29, 0.717) is 24.5 Å². The molecule has 2 aromatic carbocycles. The van der Waals surface area contributed by atoms with Gasteiger partial charge in [-0.25, -0.2) is 13.5 Å². The van der Waals surface area contributed by atoms with Crippen molar-refractivity contribution in [3.63, 3.8) is 0 Å². The molecule has 0 saturated carbocycles. The molecule has 5 rings (SSSR count). The second-order valence-electron chi connectivity index (χ2n) is 8.03. The van der Waals surface area contributed by atoms with Crippen molar-refractivity contribution < 1.29 is 18.3 Å². The van der Waals surface area contributed by atoms with Crippen LogP contribution in [0, 0.1) is 11.6 Å². The highest BCUT2D eigenvalue weighted by Crippen LogP contribution is 2.26. The van der Waals surface area contributed by atoms with Crippen molar-refractivity contribution in [3.8, 4) is 11.4 Å². The molecule has 1 atom stereocenters. The Bertz CT molecular complexity index is 1580. The maximum absolute atomic E-state index is 13.8. The number of benzene rings is 2. The molecule has 0 fully saturated rings. The van der Waals surface area contributed by atoms with Crippen LogP contribution in [0.4, 0.5) is 8.78 Å².